The molecule has 0 spiro atoms. The topological polar surface area (TPSA) is 38.3 Å². The summed E-state index contributed by atoms with van der Waals surface area (Å²) in [4.78, 5) is 11.0. The fourth-order valence-electron chi connectivity index (χ4n) is 2.11. The van der Waals surface area contributed by atoms with Crippen LogP contribution in [0, 0.1) is 5.92 Å². The molecular weight excluding hydrogens is 154 g/mol. The van der Waals surface area contributed by atoms with E-state index in [9.17, 15) is 4.79 Å². The van der Waals surface area contributed by atoms with Crippen LogP contribution in [-0.2, 0) is 9.53 Å². The van der Waals surface area contributed by atoms with Gasteiger partial charge >= 0.3 is 0 Å². The van der Waals surface area contributed by atoms with Gasteiger partial charge in [0, 0.05) is 12.5 Å². The van der Waals surface area contributed by atoms with Gasteiger partial charge in [0.1, 0.15) is 6.61 Å². The van der Waals surface area contributed by atoms with Crippen molar-refractivity contribution in [1.82, 2.24) is 5.32 Å². The minimum atomic E-state index is 0.0457. The molecule has 2 rings (SSSR count). The van der Waals surface area contributed by atoms with E-state index in [1.165, 1.54) is 19.3 Å². The first kappa shape index (κ1) is 8.05. The fraction of sp³-hybridized carbons (Fsp3) is 0.889. The van der Waals surface area contributed by atoms with Crippen molar-refractivity contribution in [2.75, 3.05) is 13.2 Å². The van der Waals surface area contributed by atoms with Crippen molar-refractivity contribution < 1.29 is 9.53 Å². The van der Waals surface area contributed by atoms with E-state index in [0.717, 1.165) is 13.0 Å². The number of carbonyl (C=O) groups is 1. The summed E-state index contributed by atoms with van der Waals surface area (Å²) < 4.78 is 5.51. The number of carbonyl (C=O) groups excluding carboxylic acids is 1. The summed E-state index contributed by atoms with van der Waals surface area (Å²) in [6.07, 6.45) is 5.25. The van der Waals surface area contributed by atoms with E-state index in [0.29, 0.717) is 12.0 Å². The van der Waals surface area contributed by atoms with Gasteiger partial charge in [-0.2, -0.15) is 0 Å². The van der Waals surface area contributed by atoms with Crippen LogP contribution in [0.25, 0.3) is 0 Å². The average Bonchev–Trinajstić information content (AvgIpc) is 2.29. The van der Waals surface area contributed by atoms with Crippen molar-refractivity contribution in [3.8, 4) is 0 Å². The molecule has 1 saturated heterocycles. The first-order valence-electron chi connectivity index (χ1n) is 4.74. The fourth-order valence-corrected chi connectivity index (χ4v) is 2.11. The molecule has 12 heavy (non-hydrogen) atoms. The maximum absolute atomic E-state index is 11.0. The highest BCUT2D eigenvalue weighted by Crippen LogP contribution is 2.27. The van der Waals surface area contributed by atoms with Crippen molar-refractivity contribution >= 4 is 5.91 Å². The highest BCUT2D eigenvalue weighted by Gasteiger charge is 2.28. The summed E-state index contributed by atoms with van der Waals surface area (Å²) in [7, 11) is 0. The van der Waals surface area contributed by atoms with Crippen LogP contribution in [0.15, 0.2) is 0 Å². The third-order valence-corrected chi connectivity index (χ3v) is 2.83. The van der Waals surface area contributed by atoms with Gasteiger partial charge in [-0.1, -0.05) is 12.8 Å². The van der Waals surface area contributed by atoms with E-state index >= 15 is 0 Å². The molecule has 1 saturated carbocycles. The molecule has 0 aromatic heterocycles. The Labute approximate surface area is 72.5 Å². The molecule has 2 fully saturated rings. The quantitative estimate of drug-likeness (QED) is 0.579. The SMILES string of the molecule is O=C1COC2CCCCC2CN1. The molecule has 1 aliphatic heterocycles. The number of amides is 1. The van der Waals surface area contributed by atoms with Gasteiger partial charge in [0.2, 0.25) is 5.91 Å². The monoisotopic (exact) mass is 169 g/mol. The van der Waals surface area contributed by atoms with Crippen LogP contribution in [0.5, 0.6) is 0 Å². The number of nitrogens with one attached hydrogen (secondary N) is 1. The third-order valence-electron chi connectivity index (χ3n) is 2.83. The largest absolute Gasteiger partial charge is 0.368 e. The maximum atomic E-state index is 11.0. The lowest BCUT2D eigenvalue weighted by atomic mass is 9.86. The minimum absolute atomic E-state index is 0.0457. The van der Waals surface area contributed by atoms with Gasteiger partial charge in [-0.25, -0.2) is 0 Å². The molecule has 3 heteroatoms. The van der Waals surface area contributed by atoms with E-state index in [1.807, 2.05) is 0 Å². The van der Waals surface area contributed by atoms with Gasteiger partial charge in [0.15, 0.2) is 0 Å². The summed E-state index contributed by atoms with van der Waals surface area (Å²) >= 11 is 0. The van der Waals surface area contributed by atoms with E-state index in [2.05, 4.69) is 5.32 Å². The molecule has 1 aliphatic carbocycles. The van der Waals surface area contributed by atoms with Gasteiger partial charge in [-0.05, 0) is 12.8 Å². The molecule has 68 valence electrons. The molecule has 2 atom stereocenters. The van der Waals surface area contributed by atoms with Gasteiger partial charge < -0.3 is 10.1 Å². The van der Waals surface area contributed by atoms with Crippen molar-refractivity contribution in [2.24, 2.45) is 5.92 Å². The predicted molar refractivity (Wildman–Crippen MR) is 44.7 cm³/mol. The summed E-state index contributed by atoms with van der Waals surface area (Å²) in [5.74, 6) is 0.620. The van der Waals surface area contributed by atoms with E-state index in [1.54, 1.807) is 0 Å². The first-order chi connectivity index (χ1) is 5.86. The molecule has 2 unspecified atom stereocenters. The molecule has 0 radical (unpaired) electrons. The molecule has 0 aromatic rings. The Hall–Kier alpha value is -0.570. The lowest BCUT2D eigenvalue weighted by molar-refractivity contribution is -0.126. The number of fused-ring (bicyclic) bond motifs is 1. The van der Waals surface area contributed by atoms with Crippen molar-refractivity contribution in [3.05, 3.63) is 0 Å². The second-order valence-corrected chi connectivity index (χ2v) is 3.70. The van der Waals surface area contributed by atoms with Crippen LogP contribution in [0.3, 0.4) is 0 Å². The van der Waals surface area contributed by atoms with Gasteiger partial charge in [0.05, 0.1) is 6.10 Å². The van der Waals surface area contributed by atoms with Crippen molar-refractivity contribution in [3.63, 3.8) is 0 Å². The van der Waals surface area contributed by atoms with Gasteiger partial charge in [-0.3, -0.25) is 4.79 Å². The summed E-state index contributed by atoms with van der Waals surface area (Å²) in [6.45, 7) is 1.09. The van der Waals surface area contributed by atoms with Crippen molar-refractivity contribution in [2.45, 2.75) is 31.8 Å². The van der Waals surface area contributed by atoms with Crippen LogP contribution in [0.1, 0.15) is 25.7 Å². The second-order valence-electron chi connectivity index (χ2n) is 3.70. The number of rotatable bonds is 0. The van der Waals surface area contributed by atoms with Crippen LogP contribution in [0.4, 0.5) is 0 Å². The number of hydrogen-bond donors (Lipinski definition) is 1. The van der Waals surface area contributed by atoms with E-state index < -0.39 is 0 Å². The molecule has 0 bridgehead atoms. The zero-order valence-corrected chi connectivity index (χ0v) is 7.21. The van der Waals surface area contributed by atoms with Gasteiger partial charge in [-0.15, -0.1) is 0 Å². The lowest BCUT2D eigenvalue weighted by Crippen LogP contribution is -2.32. The van der Waals surface area contributed by atoms with Crippen LogP contribution in [0.2, 0.25) is 0 Å². The Kier molecular flexibility index (Phi) is 2.30. The molecule has 2 aliphatic rings. The predicted octanol–water partition coefficient (Wildman–Crippen LogP) is 0.692. The van der Waals surface area contributed by atoms with Crippen molar-refractivity contribution in [1.29, 1.82) is 0 Å². The number of hydrogen-bond acceptors (Lipinski definition) is 2. The first-order valence-corrected chi connectivity index (χ1v) is 4.74. The Balaban J connectivity index is 1.98. The Bertz CT molecular complexity index is 163. The zero-order valence-electron chi connectivity index (χ0n) is 7.21. The molecular formula is C9H15NO2. The van der Waals surface area contributed by atoms with Crippen LogP contribution in [-0.4, -0.2) is 25.2 Å². The second kappa shape index (κ2) is 3.44. The molecule has 3 nitrogen and oxygen atoms in total. The average molecular weight is 169 g/mol. The minimum Gasteiger partial charge on any atom is -0.368 e. The smallest absolute Gasteiger partial charge is 0.246 e. The molecule has 1 amide bonds. The van der Waals surface area contributed by atoms with Gasteiger partial charge in [0.25, 0.3) is 0 Å². The Morgan fingerprint density at radius 2 is 2.17 bits per heavy atom. The summed E-state index contributed by atoms with van der Waals surface area (Å²) in [6, 6.07) is 0. The zero-order chi connectivity index (χ0) is 8.39. The molecule has 0 aromatic carbocycles. The summed E-state index contributed by atoms with van der Waals surface area (Å²) in [5, 5.41) is 2.88. The Morgan fingerprint density at radius 1 is 1.33 bits per heavy atom. The lowest BCUT2D eigenvalue weighted by Gasteiger charge is -2.28. The molecule has 1 heterocycles. The third kappa shape index (κ3) is 1.61. The van der Waals surface area contributed by atoms with E-state index in [4.69, 9.17) is 4.74 Å². The Morgan fingerprint density at radius 3 is 3.08 bits per heavy atom. The standard InChI is InChI=1S/C9H15NO2/c11-9-6-12-8-4-2-1-3-7(8)5-10-9/h7-8H,1-6H2,(H,10,11). The maximum Gasteiger partial charge on any atom is 0.246 e. The van der Waals surface area contributed by atoms with E-state index in [-0.39, 0.29) is 12.5 Å². The highest BCUT2D eigenvalue weighted by atomic mass is 16.5. The highest BCUT2D eigenvalue weighted by molar-refractivity contribution is 5.77. The van der Waals surface area contributed by atoms with Crippen LogP contribution >= 0.6 is 0 Å². The summed E-state index contributed by atoms with van der Waals surface area (Å²) in [5.41, 5.74) is 0. The van der Waals surface area contributed by atoms with Crippen LogP contribution < -0.4 is 5.32 Å². The molecule has 1 N–H and O–H groups in total. The number of ether oxygens (including phenoxy) is 1. The normalized spacial score (nSPS) is 36.5.